The van der Waals surface area contributed by atoms with Crippen LogP contribution < -0.4 is 5.32 Å². The minimum Gasteiger partial charge on any atom is -0.466 e. The first-order valence-corrected chi connectivity index (χ1v) is 8.05. The lowest BCUT2D eigenvalue weighted by Gasteiger charge is -2.15. The summed E-state index contributed by atoms with van der Waals surface area (Å²) in [6, 6.07) is 4.97. The molecule has 1 aromatic carbocycles. The number of fused-ring (bicyclic) bond motifs is 1. The number of methoxy groups -OCH3 is 2. The van der Waals surface area contributed by atoms with Gasteiger partial charge in [0, 0.05) is 17.6 Å². The molecule has 0 aliphatic carbocycles. The lowest BCUT2D eigenvalue weighted by molar-refractivity contribution is -0.136. The van der Waals surface area contributed by atoms with E-state index in [1.807, 2.05) is 0 Å². The molecule has 27 heavy (non-hydrogen) atoms. The van der Waals surface area contributed by atoms with Crippen molar-refractivity contribution in [2.24, 2.45) is 0 Å². The zero-order valence-electron chi connectivity index (χ0n) is 14.7. The molecule has 10 heteroatoms. The molecule has 0 unspecified atom stereocenters. The Labute approximate surface area is 153 Å². The van der Waals surface area contributed by atoms with E-state index < -0.39 is 17.8 Å². The summed E-state index contributed by atoms with van der Waals surface area (Å²) >= 11 is 0. The number of hydrogen-bond donors (Lipinski definition) is 3. The number of ether oxygens (including phenoxy) is 2. The van der Waals surface area contributed by atoms with Gasteiger partial charge in [-0.3, -0.25) is 9.89 Å². The molecule has 0 radical (unpaired) electrons. The number of carbonyl (C=O) groups is 3. The first-order valence-electron chi connectivity index (χ1n) is 8.05. The zero-order valence-corrected chi connectivity index (χ0v) is 14.7. The Hall–Kier alpha value is -3.40. The highest BCUT2D eigenvalue weighted by atomic mass is 16.5. The van der Waals surface area contributed by atoms with Crippen LogP contribution in [-0.4, -0.2) is 72.0 Å². The average Bonchev–Trinajstić information content (AvgIpc) is 3.23. The van der Waals surface area contributed by atoms with E-state index in [-0.39, 0.29) is 36.7 Å². The van der Waals surface area contributed by atoms with Crippen LogP contribution in [0.2, 0.25) is 0 Å². The first-order chi connectivity index (χ1) is 13.0. The molecule has 0 spiro atoms. The molecule has 0 saturated heterocycles. The van der Waals surface area contributed by atoms with E-state index in [0.717, 1.165) is 0 Å². The molecule has 10 nitrogen and oxygen atoms in total. The molecule has 142 valence electrons. The Bertz CT molecular complexity index is 948. The summed E-state index contributed by atoms with van der Waals surface area (Å²) in [4.78, 5) is 37.7. The summed E-state index contributed by atoms with van der Waals surface area (Å²) in [7, 11) is 2.48. The molecule has 2 heterocycles. The van der Waals surface area contributed by atoms with Gasteiger partial charge in [0.1, 0.15) is 5.70 Å². The summed E-state index contributed by atoms with van der Waals surface area (Å²) in [5.41, 5.74) is 1.43. The number of aliphatic hydroxyl groups is 1. The lowest BCUT2D eigenvalue weighted by atomic mass is 10.1. The van der Waals surface area contributed by atoms with Crippen molar-refractivity contribution in [2.45, 2.75) is 0 Å². The second-order valence-corrected chi connectivity index (χ2v) is 5.74. The number of amides is 1. The van der Waals surface area contributed by atoms with Crippen LogP contribution in [0.25, 0.3) is 10.9 Å². The van der Waals surface area contributed by atoms with Gasteiger partial charge in [-0.15, -0.1) is 0 Å². The predicted octanol–water partition coefficient (Wildman–Crippen LogP) is 0.0230. The van der Waals surface area contributed by atoms with Crippen LogP contribution in [-0.2, 0) is 19.1 Å². The Morgan fingerprint density at radius 1 is 1.30 bits per heavy atom. The van der Waals surface area contributed by atoms with Gasteiger partial charge in [0.25, 0.3) is 5.91 Å². The number of carbonyl (C=O) groups excluding carboxylic acids is 3. The number of benzene rings is 1. The van der Waals surface area contributed by atoms with E-state index in [2.05, 4.69) is 15.5 Å². The van der Waals surface area contributed by atoms with Crippen molar-refractivity contribution in [3.8, 4) is 0 Å². The van der Waals surface area contributed by atoms with Gasteiger partial charge in [-0.2, -0.15) is 5.10 Å². The van der Waals surface area contributed by atoms with Crippen molar-refractivity contribution >= 4 is 34.4 Å². The van der Waals surface area contributed by atoms with Crippen LogP contribution in [0.3, 0.4) is 0 Å². The van der Waals surface area contributed by atoms with Crippen LogP contribution in [0.4, 0.5) is 5.69 Å². The number of aliphatic hydroxyl groups excluding tert-OH is 1. The fraction of sp³-hybridized carbons (Fsp3) is 0.294. The topological polar surface area (TPSA) is 134 Å². The maximum Gasteiger partial charge on any atom is 0.359 e. The summed E-state index contributed by atoms with van der Waals surface area (Å²) < 4.78 is 9.45. The molecule has 1 aromatic heterocycles. The number of hydrogen-bond acceptors (Lipinski definition) is 8. The third-order valence-corrected chi connectivity index (χ3v) is 4.16. The second kappa shape index (κ2) is 7.46. The standard InChI is InChI=1S/C17H18N4O6/c1-26-16(24)11-8-21(5-6-22)15(23)13(11)18-9-3-4-12-10(7-9)14(20-19-12)17(25)27-2/h3-4,7,18,22H,5-6,8H2,1-2H3,(H,19,20). The summed E-state index contributed by atoms with van der Waals surface area (Å²) in [5, 5.41) is 19.2. The molecular formula is C17H18N4O6. The molecule has 0 fully saturated rings. The molecule has 2 aromatic rings. The van der Waals surface area contributed by atoms with Crippen LogP contribution in [0.1, 0.15) is 10.5 Å². The van der Waals surface area contributed by atoms with Crippen LogP contribution >= 0.6 is 0 Å². The molecule has 0 bridgehead atoms. The highest BCUT2D eigenvalue weighted by molar-refractivity contribution is 6.09. The van der Waals surface area contributed by atoms with Gasteiger partial charge in [0.05, 0.1) is 38.5 Å². The quantitative estimate of drug-likeness (QED) is 0.603. The number of aromatic amines is 1. The Kier molecular flexibility index (Phi) is 5.08. The Morgan fingerprint density at radius 3 is 2.70 bits per heavy atom. The summed E-state index contributed by atoms with van der Waals surface area (Å²) in [5.74, 6) is -1.66. The van der Waals surface area contributed by atoms with E-state index >= 15 is 0 Å². The third kappa shape index (κ3) is 3.34. The fourth-order valence-corrected chi connectivity index (χ4v) is 2.84. The molecule has 0 atom stereocenters. The zero-order chi connectivity index (χ0) is 19.6. The molecular weight excluding hydrogens is 356 g/mol. The smallest absolute Gasteiger partial charge is 0.359 e. The van der Waals surface area contributed by atoms with Crippen LogP contribution in [0, 0.1) is 0 Å². The lowest BCUT2D eigenvalue weighted by Crippen LogP contribution is -2.31. The maximum absolute atomic E-state index is 12.6. The largest absolute Gasteiger partial charge is 0.466 e. The molecule has 3 N–H and O–H groups in total. The predicted molar refractivity (Wildman–Crippen MR) is 93.8 cm³/mol. The van der Waals surface area contributed by atoms with E-state index in [9.17, 15) is 14.4 Å². The van der Waals surface area contributed by atoms with E-state index in [1.54, 1.807) is 18.2 Å². The van der Waals surface area contributed by atoms with E-state index in [1.165, 1.54) is 19.1 Å². The highest BCUT2D eigenvalue weighted by Crippen LogP contribution is 2.26. The number of H-pyrrole nitrogens is 1. The van der Waals surface area contributed by atoms with Gasteiger partial charge in [0.2, 0.25) is 0 Å². The number of nitrogens with zero attached hydrogens (tertiary/aromatic N) is 2. The van der Waals surface area contributed by atoms with Crippen molar-refractivity contribution in [3.63, 3.8) is 0 Å². The second-order valence-electron chi connectivity index (χ2n) is 5.74. The van der Waals surface area contributed by atoms with Crippen molar-refractivity contribution < 1.29 is 29.0 Å². The van der Waals surface area contributed by atoms with Gasteiger partial charge in [-0.25, -0.2) is 9.59 Å². The molecule has 1 aliphatic rings. The summed E-state index contributed by atoms with van der Waals surface area (Å²) in [6.07, 6.45) is 0. The Balaban J connectivity index is 1.97. The number of aromatic nitrogens is 2. The average molecular weight is 374 g/mol. The third-order valence-electron chi connectivity index (χ3n) is 4.16. The normalized spacial score (nSPS) is 14.0. The van der Waals surface area contributed by atoms with Crippen LogP contribution in [0.5, 0.6) is 0 Å². The van der Waals surface area contributed by atoms with Crippen molar-refractivity contribution in [1.29, 1.82) is 0 Å². The first kappa shape index (κ1) is 18.4. The van der Waals surface area contributed by atoms with Gasteiger partial charge in [-0.1, -0.05) is 0 Å². The van der Waals surface area contributed by atoms with Crippen LogP contribution in [0.15, 0.2) is 29.5 Å². The molecule has 3 rings (SSSR count). The summed E-state index contributed by atoms with van der Waals surface area (Å²) in [6.45, 7) is -0.0928. The van der Waals surface area contributed by atoms with E-state index in [0.29, 0.717) is 16.6 Å². The van der Waals surface area contributed by atoms with Gasteiger partial charge in [0.15, 0.2) is 5.69 Å². The van der Waals surface area contributed by atoms with E-state index in [4.69, 9.17) is 14.6 Å². The Morgan fingerprint density at radius 2 is 2.04 bits per heavy atom. The number of anilines is 1. The maximum atomic E-state index is 12.6. The van der Waals surface area contributed by atoms with Gasteiger partial charge >= 0.3 is 11.9 Å². The van der Waals surface area contributed by atoms with Crippen molar-refractivity contribution in [1.82, 2.24) is 15.1 Å². The molecule has 0 saturated carbocycles. The highest BCUT2D eigenvalue weighted by Gasteiger charge is 2.34. The number of nitrogens with one attached hydrogen (secondary N) is 2. The SMILES string of the molecule is COC(=O)C1=C(Nc2ccc3[nH]nc(C(=O)OC)c3c2)C(=O)N(CCO)C1. The van der Waals surface area contributed by atoms with Crippen molar-refractivity contribution in [3.05, 3.63) is 35.2 Å². The number of rotatable bonds is 6. The number of β-amino-alcohol motifs (C(OH)–C–C–N with tert-alkyl or cyclic N) is 1. The van der Waals surface area contributed by atoms with Crippen molar-refractivity contribution in [2.75, 3.05) is 39.2 Å². The molecule has 1 aliphatic heterocycles. The minimum absolute atomic E-state index is 0.0375. The number of esters is 2. The molecule has 1 amide bonds. The minimum atomic E-state index is -0.633. The monoisotopic (exact) mass is 374 g/mol. The van der Waals surface area contributed by atoms with Gasteiger partial charge < -0.3 is 24.8 Å². The van der Waals surface area contributed by atoms with Gasteiger partial charge in [-0.05, 0) is 18.2 Å². The fourth-order valence-electron chi connectivity index (χ4n) is 2.84.